The zero-order valence-electron chi connectivity index (χ0n) is 10.2. The van der Waals surface area contributed by atoms with Crippen LogP contribution in [0.3, 0.4) is 0 Å². The van der Waals surface area contributed by atoms with E-state index < -0.39 is 11.8 Å². The van der Waals surface area contributed by atoms with Crippen LogP contribution < -0.4 is 0 Å². The highest BCUT2D eigenvalue weighted by Crippen LogP contribution is 2.33. The van der Waals surface area contributed by atoms with E-state index in [0.29, 0.717) is 15.7 Å². The Morgan fingerprint density at radius 1 is 1.24 bits per heavy atom. The van der Waals surface area contributed by atoms with Crippen LogP contribution in [0.1, 0.15) is 10.4 Å². The van der Waals surface area contributed by atoms with Crippen LogP contribution in [0.25, 0.3) is 21.5 Å². The molecule has 106 valence electrons. The Labute approximate surface area is 139 Å². The number of fused-ring (bicyclic) bond motifs is 1. The molecule has 0 saturated heterocycles. The maximum atomic E-state index is 13.5. The van der Waals surface area contributed by atoms with Crippen molar-refractivity contribution in [1.29, 1.82) is 0 Å². The number of rotatable bonds is 2. The molecular weight excluding hydrogens is 425 g/mol. The number of hydrogen-bond donors (Lipinski definition) is 1. The first-order valence-corrected chi connectivity index (χ1v) is 8.20. The van der Waals surface area contributed by atoms with Gasteiger partial charge in [0.2, 0.25) is 0 Å². The minimum atomic E-state index is -1.11. The normalized spacial score (nSPS) is 11.0. The highest BCUT2D eigenvalue weighted by Gasteiger charge is 2.16. The van der Waals surface area contributed by atoms with Gasteiger partial charge in [-0.25, -0.2) is 14.2 Å². The molecule has 2 heterocycles. The average molecular weight is 431 g/mol. The molecular formula is C14H6Br2FNO2S. The fourth-order valence-electron chi connectivity index (χ4n) is 2.00. The van der Waals surface area contributed by atoms with Crippen LogP contribution in [0.15, 0.2) is 38.6 Å². The van der Waals surface area contributed by atoms with Gasteiger partial charge in [-0.1, -0.05) is 0 Å². The number of thiophene rings is 1. The number of aromatic nitrogens is 1. The Morgan fingerprint density at radius 2 is 2.00 bits per heavy atom. The summed E-state index contributed by atoms with van der Waals surface area (Å²) >= 11 is 8.05. The summed E-state index contributed by atoms with van der Waals surface area (Å²) < 4.78 is 14.8. The van der Waals surface area contributed by atoms with E-state index in [0.717, 1.165) is 9.35 Å². The Hall–Kier alpha value is -1.31. The lowest BCUT2D eigenvalue weighted by molar-refractivity contribution is 0.0699. The number of nitrogens with zero attached hydrogens (tertiary/aromatic N) is 1. The highest BCUT2D eigenvalue weighted by atomic mass is 79.9. The molecule has 21 heavy (non-hydrogen) atoms. The first-order valence-electron chi connectivity index (χ1n) is 5.73. The largest absolute Gasteiger partial charge is 0.478 e. The third-order valence-electron chi connectivity index (χ3n) is 2.88. The molecule has 0 aliphatic carbocycles. The van der Waals surface area contributed by atoms with E-state index in [2.05, 4.69) is 36.8 Å². The molecule has 3 aromatic rings. The first-order chi connectivity index (χ1) is 9.95. The molecule has 0 spiro atoms. The van der Waals surface area contributed by atoms with Crippen LogP contribution in [-0.4, -0.2) is 16.1 Å². The van der Waals surface area contributed by atoms with Crippen molar-refractivity contribution in [1.82, 2.24) is 4.98 Å². The van der Waals surface area contributed by atoms with Gasteiger partial charge in [-0.3, -0.25) is 0 Å². The van der Waals surface area contributed by atoms with Gasteiger partial charge in [0, 0.05) is 19.7 Å². The monoisotopic (exact) mass is 429 g/mol. The average Bonchev–Trinajstić information content (AvgIpc) is 2.84. The molecule has 0 aliphatic rings. The SMILES string of the molecule is O=C(O)c1cc(-c2cc(Br)cs2)nc2c(Br)cc(F)cc12. The van der Waals surface area contributed by atoms with Gasteiger partial charge in [-0.2, -0.15) is 0 Å². The van der Waals surface area contributed by atoms with Crippen molar-refractivity contribution in [3.63, 3.8) is 0 Å². The van der Waals surface area contributed by atoms with Gasteiger partial charge in [0.25, 0.3) is 0 Å². The molecule has 0 aliphatic heterocycles. The Balaban J connectivity index is 2.37. The summed E-state index contributed by atoms with van der Waals surface area (Å²) in [7, 11) is 0. The standard InChI is InChI=1S/C14H6Br2FNO2S/c15-6-1-12(21-5-6)11-4-9(14(19)20)8-2-7(17)3-10(16)13(8)18-11/h1-5H,(H,19,20). The minimum absolute atomic E-state index is 0.0275. The third kappa shape index (κ3) is 2.73. The highest BCUT2D eigenvalue weighted by molar-refractivity contribution is 9.11. The van der Waals surface area contributed by atoms with Gasteiger partial charge < -0.3 is 5.11 Å². The van der Waals surface area contributed by atoms with Gasteiger partial charge in [-0.15, -0.1) is 11.3 Å². The van der Waals surface area contributed by atoms with E-state index in [1.807, 2.05) is 11.4 Å². The van der Waals surface area contributed by atoms with E-state index in [-0.39, 0.29) is 10.9 Å². The zero-order chi connectivity index (χ0) is 15.1. The van der Waals surface area contributed by atoms with E-state index in [4.69, 9.17) is 0 Å². The lowest BCUT2D eigenvalue weighted by Crippen LogP contribution is -2.01. The number of benzene rings is 1. The molecule has 0 saturated carbocycles. The topological polar surface area (TPSA) is 50.2 Å². The van der Waals surface area contributed by atoms with E-state index in [1.54, 1.807) is 0 Å². The molecule has 1 N–H and O–H groups in total. The van der Waals surface area contributed by atoms with Gasteiger partial charge in [0.15, 0.2) is 0 Å². The Morgan fingerprint density at radius 3 is 2.62 bits per heavy atom. The number of carbonyl (C=O) groups is 1. The smallest absolute Gasteiger partial charge is 0.336 e. The van der Waals surface area contributed by atoms with Crippen LogP contribution in [0, 0.1) is 5.82 Å². The third-order valence-corrected chi connectivity index (χ3v) is 5.20. The molecule has 0 bridgehead atoms. The second-order valence-corrected chi connectivity index (χ2v) is 6.95. The van der Waals surface area contributed by atoms with Crippen LogP contribution in [0.4, 0.5) is 4.39 Å². The molecule has 7 heteroatoms. The number of carboxylic acids is 1. The van der Waals surface area contributed by atoms with Gasteiger partial charge in [0.05, 0.1) is 21.7 Å². The number of pyridine rings is 1. The van der Waals surface area contributed by atoms with Crippen LogP contribution >= 0.6 is 43.2 Å². The second kappa shape index (κ2) is 5.47. The zero-order valence-corrected chi connectivity index (χ0v) is 14.2. The molecule has 0 radical (unpaired) electrons. The predicted molar refractivity (Wildman–Crippen MR) is 87.4 cm³/mol. The van der Waals surface area contributed by atoms with Crippen molar-refractivity contribution in [2.45, 2.75) is 0 Å². The van der Waals surface area contributed by atoms with Crippen LogP contribution in [0.5, 0.6) is 0 Å². The van der Waals surface area contributed by atoms with Crippen LogP contribution in [-0.2, 0) is 0 Å². The predicted octanol–water partition coefficient (Wildman–Crippen LogP) is 5.33. The van der Waals surface area contributed by atoms with Gasteiger partial charge in [0.1, 0.15) is 5.82 Å². The summed E-state index contributed by atoms with van der Waals surface area (Å²) in [4.78, 5) is 16.7. The molecule has 0 unspecified atom stereocenters. The summed E-state index contributed by atoms with van der Waals surface area (Å²) in [6, 6.07) is 5.79. The first kappa shape index (κ1) is 14.6. The van der Waals surface area contributed by atoms with Crippen molar-refractivity contribution in [3.05, 3.63) is 50.0 Å². The second-order valence-electron chi connectivity index (χ2n) is 4.27. The number of carboxylic acid groups (broad SMARTS) is 1. The number of halogens is 3. The fourth-order valence-corrected chi connectivity index (χ4v) is 3.91. The van der Waals surface area contributed by atoms with Crippen LogP contribution in [0.2, 0.25) is 0 Å². The van der Waals surface area contributed by atoms with Crippen molar-refractivity contribution in [2.24, 2.45) is 0 Å². The number of aromatic carboxylic acids is 1. The summed E-state index contributed by atoms with van der Waals surface area (Å²) in [5.41, 5.74) is 0.999. The van der Waals surface area contributed by atoms with Crippen molar-refractivity contribution in [3.8, 4) is 10.6 Å². The fraction of sp³-hybridized carbons (Fsp3) is 0. The lowest BCUT2D eigenvalue weighted by atomic mass is 10.1. The summed E-state index contributed by atoms with van der Waals surface area (Å²) in [6.45, 7) is 0. The maximum absolute atomic E-state index is 13.5. The van der Waals surface area contributed by atoms with E-state index >= 15 is 0 Å². The summed E-state index contributed by atoms with van der Waals surface area (Å²) in [6.07, 6.45) is 0. The Bertz CT molecular complexity index is 879. The van der Waals surface area contributed by atoms with Crippen molar-refractivity contribution in [2.75, 3.05) is 0 Å². The van der Waals surface area contributed by atoms with Crippen molar-refractivity contribution >= 4 is 60.1 Å². The molecule has 1 aromatic carbocycles. The quantitative estimate of drug-likeness (QED) is 0.598. The van der Waals surface area contributed by atoms with Gasteiger partial charge >= 0.3 is 5.97 Å². The van der Waals surface area contributed by atoms with Crippen molar-refractivity contribution < 1.29 is 14.3 Å². The number of hydrogen-bond acceptors (Lipinski definition) is 3. The van der Waals surface area contributed by atoms with Gasteiger partial charge in [-0.05, 0) is 56.1 Å². The molecule has 3 rings (SSSR count). The maximum Gasteiger partial charge on any atom is 0.336 e. The minimum Gasteiger partial charge on any atom is -0.478 e. The lowest BCUT2D eigenvalue weighted by Gasteiger charge is -2.07. The van der Waals surface area contributed by atoms with E-state index in [1.165, 1.54) is 29.5 Å². The van der Waals surface area contributed by atoms with E-state index in [9.17, 15) is 14.3 Å². The summed E-state index contributed by atoms with van der Waals surface area (Å²) in [5, 5.41) is 11.5. The Kier molecular flexibility index (Phi) is 3.81. The molecule has 0 fully saturated rings. The molecule has 2 aromatic heterocycles. The molecule has 3 nitrogen and oxygen atoms in total. The molecule has 0 atom stereocenters. The summed E-state index contributed by atoms with van der Waals surface area (Å²) in [5.74, 6) is -1.62. The molecule has 0 amide bonds.